The molecule has 5 nitrogen and oxygen atoms in total. The SMILES string of the molecule is Cc1ccc(N(CC(=O)NCc2ccc3ccccc3c2)S(=O)(=O)c2ccccc2)cc1. The first-order valence-electron chi connectivity index (χ1n) is 10.3. The quantitative estimate of drug-likeness (QED) is 0.451. The minimum absolute atomic E-state index is 0.142. The van der Waals surface area contributed by atoms with Crippen LogP contribution in [0.15, 0.2) is 102 Å². The van der Waals surface area contributed by atoms with Gasteiger partial charge in [0.25, 0.3) is 10.0 Å². The first kappa shape index (κ1) is 21.6. The summed E-state index contributed by atoms with van der Waals surface area (Å²) < 4.78 is 27.8. The van der Waals surface area contributed by atoms with E-state index < -0.39 is 10.0 Å². The van der Waals surface area contributed by atoms with Gasteiger partial charge in [-0.2, -0.15) is 0 Å². The zero-order chi connectivity index (χ0) is 22.6. The second-order valence-electron chi connectivity index (χ2n) is 7.62. The Morgan fingerprint density at radius 1 is 0.812 bits per heavy atom. The lowest BCUT2D eigenvalue weighted by atomic mass is 10.1. The van der Waals surface area contributed by atoms with Crippen LogP contribution in [0.4, 0.5) is 5.69 Å². The Bertz CT molecular complexity index is 1330. The molecule has 0 unspecified atom stereocenters. The van der Waals surface area contributed by atoms with Crippen LogP contribution in [-0.4, -0.2) is 20.9 Å². The zero-order valence-electron chi connectivity index (χ0n) is 17.7. The Labute approximate surface area is 188 Å². The highest BCUT2D eigenvalue weighted by molar-refractivity contribution is 7.92. The van der Waals surface area contributed by atoms with Gasteiger partial charge in [0.1, 0.15) is 6.54 Å². The number of rotatable bonds is 7. The van der Waals surface area contributed by atoms with Crippen molar-refractivity contribution in [3.8, 4) is 0 Å². The van der Waals surface area contributed by atoms with Crippen LogP contribution in [0.2, 0.25) is 0 Å². The Morgan fingerprint density at radius 3 is 2.19 bits per heavy atom. The number of benzene rings is 4. The van der Waals surface area contributed by atoms with E-state index in [9.17, 15) is 13.2 Å². The summed E-state index contributed by atoms with van der Waals surface area (Å²) in [5, 5.41) is 5.07. The number of hydrogen-bond donors (Lipinski definition) is 1. The molecule has 162 valence electrons. The molecule has 4 aromatic carbocycles. The van der Waals surface area contributed by atoms with E-state index in [4.69, 9.17) is 0 Å². The summed E-state index contributed by atoms with van der Waals surface area (Å²) in [7, 11) is -3.90. The highest BCUT2D eigenvalue weighted by Gasteiger charge is 2.27. The van der Waals surface area contributed by atoms with Gasteiger partial charge in [-0.05, 0) is 53.6 Å². The van der Waals surface area contributed by atoms with Gasteiger partial charge >= 0.3 is 0 Å². The maximum Gasteiger partial charge on any atom is 0.264 e. The monoisotopic (exact) mass is 444 g/mol. The number of carbonyl (C=O) groups is 1. The van der Waals surface area contributed by atoms with E-state index in [1.807, 2.05) is 61.5 Å². The summed E-state index contributed by atoms with van der Waals surface area (Å²) in [6.07, 6.45) is 0. The number of sulfonamides is 1. The fourth-order valence-electron chi connectivity index (χ4n) is 3.48. The number of fused-ring (bicyclic) bond motifs is 1. The normalized spacial score (nSPS) is 11.3. The van der Waals surface area contributed by atoms with Crippen molar-refractivity contribution in [2.45, 2.75) is 18.4 Å². The molecule has 0 aliphatic rings. The Balaban J connectivity index is 1.54. The minimum Gasteiger partial charge on any atom is -0.350 e. The average Bonchev–Trinajstić information content (AvgIpc) is 2.82. The van der Waals surface area contributed by atoms with Crippen LogP contribution < -0.4 is 9.62 Å². The number of nitrogens with one attached hydrogen (secondary N) is 1. The molecule has 0 spiro atoms. The van der Waals surface area contributed by atoms with Gasteiger partial charge in [0.2, 0.25) is 5.91 Å². The molecule has 0 radical (unpaired) electrons. The van der Waals surface area contributed by atoms with Crippen LogP contribution in [-0.2, 0) is 21.4 Å². The van der Waals surface area contributed by atoms with E-state index in [0.29, 0.717) is 12.2 Å². The van der Waals surface area contributed by atoms with E-state index in [0.717, 1.165) is 26.2 Å². The molecule has 4 rings (SSSR count). The number of carbonyl (C=O) groups excluding carboxylic acids is 1. The van der Waals surface area contributed by atoms with Crippen LogP contribution in [0.5, 0.6) is 0 Å². The van der Waals surface area contributed by atoms with Gasteiger partial charge in [-0.1, -0.05) is 72.3 Å². The highest BCUT2D eigenvalue weighted by atomic mass is 32.2. The average molecular weight is 445 g/mol. The van der Waals surface area contributed by atoms with Crippen molar-refractivity contribution < 1.29 is 13.2 Å². The van der Waals surface area contributed by atoms with Gasteiger partial charge in [-0.15, -0.1) is 0 Å². The molecule has 1 N–H and O–H groups in total. The highest BCUT2D eigenvalue weighted by Crippen LogP contribution is 2.24. The number of hydrogen-bond acceptors (Lipinski definition) is 3. The number of nitrogens with zero attached hydrogens (tertiary/aromatic N) is 1. The smallest absolute Gasteiger partial charge is 0.264 e. The summed E-state index contributed by atoms with van der Waals surface area (Å²) >= 11 is 0. The van der Waals surface area contributed by atoms with E-state index in [-0.39, 0.29) is 17.3 Å². The third-order valence-corrected chi connectivity index (χ3v) is 7.03. The van der Waals surface area contributed by atoms with E-state index >= 15 is 0 Å². The largest absolute Gasteiger partial charge is 0.350 e. The van der Waals surface area contributed by atoms with Crippen LogP contribution >= 0.6 is 0 Å². The molecule has 32 heavy (non-hydrogen) atoms. The minimum atomic E-state index is -3.90. The van der Waals surface area contributed by atoms with Crippen LogP contribution in [0.25, 0.3) is 10.8 Å². The molecule has 6 heteroatoms. The summed E-state index contributed by atoms with van der Waals surface area (Å²) in [5.41, 5.74) is 2.40. The fraction of sp³-hybridized carbons (Fsp3) is 0.115. The first-order valence-corrected chi connectivity index (χ1v) is 11.8. The van der Waals surface area contributed by atoms with Gasteiger partial charge in [0.05, 0.1) is 10.6 Å². The van der Waals surface area contributed by atoms with Crippen molar-refractivity contribution in [2.75, 3.05) is 10.8 Å². The van der Waals surface area contributed by atoms with Crippen LogP contribution in [0.1, 0.15) is 11.1 Å². The molecule has 0 bridgehead atoms. The molecule has 1 amide bonds. The van der Waals surface area contributed by atoms with Gasteiger partial charge in [0.15, 0.2) is 0 Å². The molecule has 0 heterocycles. The number of anilines is 1. The Morgan fingerprint density at radius 2 is 1.47 bits per heavy atom. The maximum atomic E-state index is 13.3. The summed E-state index contributed by atoms with van der Waals surface area (Å²) in [6, 6.07) is 29.2. The van der Waals surface area contributed by atoms with Crippen molar-refractivity contribution in [1.82, 2.24) is 5.32 Å². The second kappa shape index (κ2) is 9.24. The third kappa shape index (κ3) is 4.81. The van der Waals surface area contributed by atoms with Gasteiger partial charge in [-0.25, -0.2) is 8.42 Å². The Kier molecular flexibility index (Phi) is 6.23. The van der Waals surface area contributed by atoms with Gasteiger partial charge in [0, 0.05) is 6.54 Å². The molecule has 4 aromatic rings. The van der Waals surface area contributed by atoms with Crippen LogP contribution in [0, 0.1) is 6.92 Å². The zero-order valence-corrected chi connectivity index (χ0v) is 18.5. The predicted octanol–water partition coefficient (Wildman–Crippen LogP) is 4.66. The fourth-order valence-corrected chi connectivity index (χ4v) is 4.92. The number of amides is 1. The number of aryl methyl sites for hydroxylation is 1. The summed E-state index contributed by atoms with van der Waals surface area (Å²) in [4.78, 5) is 12.9. The molecule has 0 aliphatic heterocycles. The van der Waals surface area contributed by atoms with E-state index in [1.54, 1.807) is 30.3 Å². The molecular weight excluding hydrogens is 420 g/mol. The summed E-state index contributed by atoms with van der Waals surface area (Å²) in [6.45, 7) is 1.93. The van der Waals surface area contributed by atoms with Crippen molar-refractivity contribution in [3.05, 3.63) is 108 Å². The van der Waals surface area contributed by atoms with Crippen molar-refractivity contribution >= 4 is 32.4 Å². The second-order valence-corrected chi connectivity index (χ2v) is 9.48. The lowest BCUT2D eigenvalue weighted by Crippen LogP contribution is -2.40. The maximum absolute atomic E-state index is 13.3. The molecule has 0 saturated carbocycles. The van der Waals surface area contributed by atoms with E-state index in [1.165, 1.54) is 12.1 Å². The standard InChI is InChI=1S/C26H24N2O3S/c1-20-11-15-24(16-12-20)28(32(30,31)25-9-3-2-4-10-25)19-26(29)27-18-21-13-14-22-7-5-6-8-23(22)17-21/h2-17H,18-19H2,1H3,(H,27,29). The van der Waals surface area contributed by atoms with Crippen LogP contribution in [0.3, 0.4) is 0 Å². The Hall–Kier alpha value is -3.64. The third-order valence-electron chi connectivity index (χ3n) is 5.24. The summed E-state index contributed by atoms with van der Waals surface area (Å²) in [5.74, 6) is -0.377. The first-order chi connectivity index (χ1) is 15.4. The molecule has 0 aliphatic carbocycles. The predicted molar refractivity (Wildman–Crippen MR) is 128 cm³/mol. The molecular formula is C26H24N2O3S. The van der Waals surface area contributed by atoms with Crippen molar-refractivity contribution in [3.63, 3.8) is 0 Å². The van der Waals surface area contributed by atoms with Gasteiger partial charge in [-0.3, -0.25) is 9.10 Å². The van der Waals surface area contributed by atoms with Crippen molar-refractivity contribution in [2.24, 2.45) is 0 Å². The lowest BCUT2D eigenvalue weighted by Gasteiger charge is -2.24. The van der Waals surface area contributed by atoms with Gasteiger partial charge < -0.3 is 5.32 Å². The van der Waals surface area contributed by atoms with Crippen molar-refractivity contribution in [1.29, 1.82) is 0 Å². The molecule has 0 fully saturated rings. The lowest BCUT2D eigenvalue weighted by molar-refractivity contribution is -0.119. The molecule has 0 aromatic heterocycles. The molecule has 0 atom stereocenters. The topological polar surface area (TPSA) is 66.5 Å². The van der Waals surface area contributed by atoms with E-state index in [2.05, 4.69) is 5.32 Å². The molecule has 0 saturated heterocycles.